The molecule has 0 amide bonds. The molecule has 3 N–H and O–H groups in total. The third-order valence-electron chi connectivity index (χ3n) is 2.08. The summed E-state index contributed by atoms with van der Waals surface area (Å²) in [6.45, 7) is 7.62. The van der Waals surface area contributed by atoms with Crippen molar-refractivity contribution in [2.24, 2.45) is 5.73 Å². The molecule has 0 aliphatic carbocycles. The summed E-state index contributed by atoms with van der Waals surface area (Å²) in [7, 11) is 3.81. The normalized spacial score (nSPS) is 12.0. The van der Waals surface area contributed by atoms with E-state index >= 15 is 0 Å². The Morgan fingerprint density at radius 2 is 1.82 bits per heavy atom. The van der Waals surface area contributed by atoms with Crippen LogP contribution < -0.4 is 5.73 Å². The van der Waals surface area contributed by atoms with E-state index in [-0.39, 0.29) is 11.3 Å². The lowest BCUT2D eigenvalue weighted by molar-refractivity contribution is -0.104. The third-order valence-corrected chi connectivity index (χ3v) is 2.08. The van der Waals surface area contributed by atoms with Gasteiger partial charge < -0.3 is 16.0 Å². The lowest BCUT2D eigenvalue weighted by Crippen LogP contribution is -2.14. The monoisotopic (exact) mass is 239 g/mol. The molecule has 0 aromatic rings. The number of nitrogens with two attached hydrogens (primary N) is 1. The molecule has 0 aromatic heterocycles. The van der Waals surface area contributed by atoms with E-state index in [4.69, 9.17) is 11.1 Å². The molecule has 0 spiro atoms. The van der Waals surface area contributed by atoms with Crippen LogP contribution in [0.3, 0.4) is 0 Å². The first-order chi connectivity index (χ1) is 7.93. The summed E-state index contributed by atoms with van der Waals surface area (Å²) in [6, 6.07) is 0. The maximum absolute atomic E-state index is 10.7. The Bertz CT molecular complexity index is 311. The summed E-state index contributed by atoms with van der Waals surface area (Å²) in [6.07, 6.45) is 3.10. The van der Waals surface area contributed by atoms with Gasteiger partial charge in [-0.05, 0) is 19.4 Å². The molecular formula is C13H25N3O. The topological polar surface area (TPSA) is 70.2 Å². The third kappa shape index (κ3) is 6.56. The molecule has 0 bridgehead atoms. The maximum atomic E-state index is 10.7. The van der Waals surface area contributed by atoms with Crippen LogP contribution in [-0.2, 0) is 4.79 Å². The van der Waals surface area contributed by atoms with Gasteiger partial charge in [0.1, 0.15) is 0 Å². The van der Waals surface area contributed by atoms with E-state index in [1.807, 2.05) is 39.8 Å². The molecule has 0 aliphatic rings. The Morgan fingerprint density at radius 1 is 1.35 bits per heavy atom. The smallest absolute Gasteiger partial charge is 0.153 e. The van der Waals surface area contributed by atoms with Crippen molar-refractivity contribution in [2.45, 2.75) is 34.1 Å². The van der Waals surface area contributed by atoms with Gasteiger partial charge in [0.2, 0.25) is 0 Å². The van der Waals surface area contributed by atoms with Gasteiger partial charge in [0, 0.05) is 25.5 Å². The molecular weight excluding hydrogens is 214 g/mol. The van der Waals surface area contributed by atoms with E-state index in [1.54, 1.807) is 13.0 Å². The van der Waals surface area contributed by atoms with Crippen molar-refractivity contribution < 1.29 is 4.79 Å². The van der Waals surface area contributed by atoms with Gasteiger partial charge >= 0.3 is 0 Å². The van der Waals surface area contributed by atoms with Crippen molar-refractivity contribution in [3.8, 4) is 0 Å². The standard InChI is InChI=1S/C11H19N3O.C2H6/c1-5-9(14(3)4)6-11(13)10(7-15)8(2)12;1-2/h6-7,13H,5,12H2,1-4H3;1-2H3/b9-6-,10-8-,13-11?;. The highest BCUT2D eigenvalue weighted by Crippen LogP contribution is 2.07. The number of rotatable bonds is 5. The Morgan fingerprint density at radius 3 is 2.06 bits per heavy atom. The first-order valence-corrected chi connectivity index (χ1v) is 5.82. The minimum atomic E-state index is 0.163. The average molecular weight is 239 g/mol. The van der Waals surface area contributed by atoms with Crippen molar-refractivity contribution in [1.29, 1.82) is 5.41 Å². The van der Waals surface area contributed by atoms with Crippen molar-refractivity contribution in [2.75, 3.05) is 14.1 Å². The van der Waals surface area contributed by atoms with Gasteiger partial charge in [0.25, 0.3) is 0 Å². The molecule has 98 valence electrons. The largest absolute Gasteiger partial charge is 0.402 e. The van der Waals surface area contributed by atoms with E-state index in [0.29, 0.717) is 12.0 Å². The summed E-state index contributed by atoms with van der Waals surface area (Å²) in [5, 5.41) is 7.73. The van der Waals surface area contributed by atoms with Crippen molar-refractivity contribution in [3.05, 3.63) is 23.0 Å². The summed E-state index contributed by atoms with van der Waals surface area (Å²) in [5.74, 6) is 0. The summed E-state index contributed by atoms with van der Waals surface area (Å²) >= 11 is 0. The number of carbonyl (C=O) groups is 1. The second-order valence-electron chi connectivity index (χ2n) is 3.51. The van der Waals surface area contributed by atoms with Crippen LogP contribution in [0, 0.1) is 5.41 Å². The summed E-state index contributed by atoms with van der Waals surface area (Å²) < 4.78 is 0. The van der Waals surface area contributed by atoms with Crippen LogP contribution in [0.15, 0.2) is 23.0 Å². The van der Waals surface area contributed by atoms with E-state index in [1.165, 1.54) is 0 Å². The number of aldehydes is 1. The molecule has 0 atom stereocenters. The molecule has 0 rings (SSSR count). The van der Waals surface area contributed by atoms with E-state index in [0.717, 1.165) is 12.1 Å². The predicted molar refractivity (Wildman–Crippen MR) is 74.1 cm³/mol. The van der Waals surface area contributed by atoms with Crippen LogP contribution in [-0.4, -0.2) is 31.0 Å². The number of carbonyl (C=O) groups excluding carboxylic acids is 1. The zero-order chi connectivity index (χ0) is 14.0. The average Bonchev–Trinajstić information content (AvgIpc) is 2.28. The minimum Gasteiger partial charge on any atom is -0.402 e. The number of nitrogens with one attached hydrogen (secondary N) is 1. The van der Waals surface area contributed by atoms with Crippen LogP contribution in [0.1, 0.15) is 34.1 Å². The van der Waals surface area contributed by atoms with E-state index in [2.05, 4.69) is 0 Å². The van der Waals surface area contributed by atoms with Crippen LogP contribution in [0.4, 0.5) is 0 Å². The SMILES string of the molecule is CC.CC/C(=C/C(=N)/C(C=O)=C(/C)N)N(C)C. The Balaban J connectivity index is 0. The predicted octanol–water partition coefficient (Wildman–Crippen LogP) is 2.32. The van der Waals surface area contributed by atoms with Crippen LogP contribution in [0.25, 0.3) is 0 Å². The molecule has 0 saturated heterocycles. The highest BCUT2D eigenvalue weighted by molar-refractivity contribution is 6.19. The Kier molecular flexibility index (Phi) is 10.1. The van der Waals surface area contributed by atoms with Crippen LogP contribution in [0.2, 0.25) is 0 Å². The Labute approximate surface area is 105 Å². The fraction of sp³-hybridized carbons (Fsp3) is 0.538. The molecule has 4 heteroatoms. The maximum Gasteiger partial charge on any atom is 0.153 e. The van der Waals surface area contributed by atoms with Crippen molar-refractivity contribution in [3.63, 3.8) is 0 Å². The fourth-order valence-electron chi connectivity index (χ4n) is 1.16. The highest BCUT2D eigenvalue weighted by Gasteiger charge is 2.06. The number of allylic oxidation sites excluding steroid dienone is 4. The number of hydrogen-bond acceptors (Lipinski definition) is 4. The zero-order valence-electron chi connectivity index (χ0n) is 11.8. The van der Waals surface area contributed by atoms with Gasteiger partial charge in [-0.15, -0.1) is 0 Å². The molecule has 0 saturated carbocycles. The molecule has 0 heterocycles. The molecule has 0 unspecified atom stereocenters. The number of nitrogens with zero attached hydrogens (tertiary/aromatic N) is 1. The van der Waals surface area contributed by atoms with E-state index < -0.39 is 0 Å². The van der Waals surface area contributed by atoms with Crippen molar-refractivity contribution in [1.82, 2.24) is 4.90 Å². The van der Waals surface area contributed by atoms with Gasteiger partial charge in [0.05, 0.1) is 11.3 Å². The number of hydrogen-bond donors (Lipinski definition) is 2. The quantitative estimate of drug-likeness (QED) is 0.439. The first-order valence-electron chi connectivity index (χ1n) is 5.82. The Hall–Kier alpha value is -1.58. The fourth-order valence-corrected chi connectivity index (χ4v) is 1.16. The lowest BCUT2D eigenvalue weighted by Gasteiger charge is -2.15. The lowest BCUT2D eigenvalue weighted by atomic mass is 10.1. The van der Waals surface area contributed by atoms with Crippen LogP contribution in [0.5, 0.6) is 0 Å². The van der Waals surface area contributed by atoms with Crippen LogP contribution >= 0.6 is 0 Å². The van der Waals surface area contributed by atoms with Gasteiger partial charge in [-0.2, -0.15) is 0 Å². The second-order valence-corrected chi connectivity index (χ2v) is 3.51. The molecule has 0 aliphatic heterocycles. The molecule has 4 nitrogen and oxygen atoms in total. The van der Waals surface area contributed by atoms with Gasteiger partial charge in [-0.3, -0.25) is 4.79 Å². The highest BCUT2D eigenvalue weighted by atomic mass is 16.1. The molecule has 0 fully saturated rings. The summed E-state index contributed by atoms with van der Waals surface area (Å²) in [5.41, 5.74) is 7.28. The van der Waals surface area contributed by atoms with Gasteiger partial charge in [-0.1, -0.05) is 20.8 Å². The van der Waals surface area contributed by atoms with Gasteiger partial charge in [0.15, 0.2) is 6.29 Å². The second kappa shape index (κ2) is 9.63. The first kappa shape index (κ1) is 17.8. The molecule has 0 aromatic carbocycles. The molecule has 17 heavy (non-hydrogen) atoms. The van der Waals surface area contributed by atoms with Crippen molar-refractivity contribution >= 4 is 12.0 Å². The zero-order valence-corrected chi connectivity index (χ0v) is 11.8. The molecule has 0 radical (unpaired) electrons. The summed E-state index contributed by atoms with van der Waals surface area (Å²) in [4.78, 5) is 12.6. The minimum absolute atomic E-state index is 0.163. The van der Waals surface area contributed by atoms with Gasteiger partial charge in [-0.25, -0.2) is 0 Å². The van der Waals surface area contributed by atoms with E-state index in [9.17, 15) is 4.79 Å².